The van der Waals surface area contributed by atoms with E-state index in [4.69, 9.17) is 8.60 Å². The minimum atomic E-state index is -3.69. The van der Waals surface area contributed by atoms with Crippen LogP contribution >= 0.6 is 0 Å². The molecule has 0 aliphatic carbocycles. The second kappa shape index (κ2) is 9.15. The van der Waals surface area contributed by atoms with E-state index < -0.39 is 10.1 Å². The van der Waals surface area contributed by atoms with Gasteiger partial charge in [0, 0.05) is 0 Å². The molecule has 0 atom stereocenters. The average Bonchev–Trinajstić information content (AvgIpc) is 2.91. The normalized spacial score (nSPS) is 11.8. The molecule has 1 aromatic rings. The molecular formula is C14H24O4S. The van der Waals surface area contributed by atoms with Crippen LogP contribution in [0.1, 0.15) is 58.3 Å². The van der Waals surface area contributed by atoms with Crippen LogP contribution in [0.5, 0.6) is 0 Å². The predicted molar refractivity (Wildman–Crippen MR) is 74.5 cm³/mol. The zero-order valence-corrected chi connectivity index (χ0v) is 12.5. The van der Waals surface area contributed by atoms with Crippen LogP contribution in [-0.4, -0.2) is 15.0 Å². The zero-order chi connectivity index (χ0) is 14.0. The van der Waals surface area contributed by atoms with E-state index in [0.29, 0.717) is 0 Å². The van der Waals surface area contributed by atoms with Gasteiger partial charge < -0.3 is 4.42 Å². The first-order valence-corrected chi connectivity index (χ1v) is 8.50. The number of unbranched alkanes of at least 4 members (excludes halogenated alkanes) is 7. The predicted octanol–water partition coefficient (Wildman–Crippen LogP) is 4.13. The molecule has 0 fully saturated rings. The van der Waals surface area contributed by atoms with Crippen molar-refractivity contribution in [2.75, 3.05) is 6.61 Å². The molecule has 0 saturated carbocycles. The lowest BCUT2D eigenvalue weighted by molar-refractivity contribution is 0.291. The number of furan rings is 1. The van der Waals surface area contributed by atoms with Gasteiger partial charge in [-0.05, 0) is 18.6 Å². The van der Waals surface area contributed by atoms with E-state index in [2.05, 4.69) is 6.92 Å². The Labute approximate surface area is 116 Å². The molecule has 0 saturated heterocycles. The fraction of sp³-hybridized carbons (Fsp3) is 0.714. The van der Waals surface area contributed by atoms with E-state index in [9.17, 15) is 8.42 Å². The average molecular weight is 288 g/mol. The number of hydrogen-bond donors (Lipinski definition) is 0. The molecule has 0 aliphatic rings. The molecule has 0 aromatic carbocycles. The van der Waals surface area contributed by atoms with Crippen LogP contribution in [0.4, 0.5) is 0 Å². The van der Waals surface area contributed by atoms with Crippen molar-refractivity contribution < 1.29 is 17.0 Å². The Morgan fingerprint density at radius 3 is 2.26 bits per heavy atom. The topological polar surface area (TPSA) is 56.5 Å². The van der Waals surface area contributed by atoms with Gasteiger partial charge >= 0.3 is 10.1 Å². The Morgan fingerprint density at radius 1 is 1.05 bits per heavy atom. The molecule has 1 aromatic heterocycles. The van der Waals surface area contributed by atoms with E-state index in [-0.39, 0.29) is 11.7 Å². The third-order valence-corrected chi connectivity index (χ3v) is 4.18. The fourth-order valence-corrected chi connectivity index (χ4v) is 2.74. The Balaban J connectivity index is 2.02. The third kappa shape index (κ3) is 6.78. The van der Waals surface area contributed by atoms with Gasteiger partial charge in [-0.3, -0.25) is 4.18 Å². The first-order chi connectivity index (χ1) is 9.17. The highest BCUT2D eigenvalue weighted by Crippen LogP contribution is 2.13. The van der Waals surface area contributed by atoms with Crippen LogP contribution < -0.4 is 0 Å². The van der Waals surface area contributed by atoms with Crippen LogP contribution in [0.3, 0.4) is 0 Å². The highest BCUT2D eigenvalue weighted by atomic mass is 32.2. The molecule has 4 nitrogen and oxygen atoms in total. The van der Waals surface area contributed by atoms with Crippen molar-refractivity contribution in [3.05, 3.63) is 18.4 Å². The molecule has 1 rings (SSSR count). The van der Waals surface area contributed by atoms with Crippen LogP contribution in [0.15, 0.2) is 27.9 Å². The zero-order valence-electron chi connectivity index (χ0n) is 11.6. The highest BCUT2D eigenvalue weighted by molar-refractivity contribution is 7.86. The van der Waals surface area contributed by atoms with E-state index in [1.807, 2.05) is 0 Å². The lowest BCUT2D eigenvalue weighted by atomic mass is 10.1. The Kier molecular flexibility index (Phi) is 7.82. The summed E-state index contributed by atoms with van der Waals surface area (Å²) in [7, 11) is -3.69. The summed E-state index contributed by atoms with van der Waals surface area (Å²) < 4.78 is 32.9. The molecule has 0 amide bonds. The summed E-state index contributed by atoms with van der Waals surface area (Å²) in [6.45, 7) is 2.44. The quantitative estimate of drug-likeness (QED) is 0.454. The number of hydrogen-bond acceptors (Lipinski definition) is 4. The molecule has 0 N–H and O–H groups in total. The maximum Gasteiger partial charge on any atom is 0.330 e. The second-order valence-corrected chi connectivity index (χ2v) is 6.23. The van der Waals surface area contributed by atoms with Crippen molar-refractivity contribution in [1.82, 2.24) is 0 Å². The van der Waals surface area contributed by atoms with Crippen LogP contribution in [0.2, 0.25) is 0 Å². The van der Waals surface area contributed by atoms with Gasteiger partial charge in [0.15, 0.2) is 0 Å². The van der Waals surface area contributed by atoms with Crippen LogP contribution in [-0.2, 0) is 14.3 Å². The lowest BCUT2D eigenvalue weighted by Gasteiger charge is -2.03. The summed E-state index contributed by atoms with van der Waals surface area (Å²) in [5, 5.41) is -0.118. The molecule has 5 heteroatoms. The Bertz CT molecular complexity index is 409. The van der Waals surface area contributed by atoms with E-state index in [0.717, 1.165) is 19.3 Å². The van der Waals surface area contributed by atoms with Crippen LogP contribution in [0, 0.1) is 0 Å². The van der Waals surface area contributed by atoms with Crippen molar-refractivity contribution in [3.8, 4) is 0 Å². The van der Waals surface area contributed by atoms with Gasteiger partial charge in [-0.1, -0.05) is 51.9 Å². The van der Waals surface area contributed by atoms with Crippen molar-refractivity contribution in [2.24, 2.45) is 0 Å². The molecule has 0 bridgehead atoms. The first kappa shape index (κ1) is 16.2. The summed E-state index contributed by atoms with van der Waals surface area (Å²) in [6, 6.07) is 2.93. The monoisotopic (exact) mass is 288 g/mol. The first-order valence-electron chi connectivity index (χ1n) is 7.10. The Hall–Kier alpha value is -0.810. The summed E-state index contributed by atoms with van der Waals surface area (Å²) in [5.74, 6) is 0. The summed E-state index contributed by atoms with van der Waals surface area (Å²) >= 11 is 0. The van der Waals surface area contributed by atoms with Crippen molar-refractivity contribution in [1.29, 1.82) is 0 Å². The van der Waals surface area contributed by atoms with Gasteiger partial charge in [-0.2, -0.15) is 8.42 Å². The molecule has 1 heterocycles. The van der Waals surface area contributed by atoms with Crippen molar-refractivity contribution in [3.63, 3.8) is 0 Å². The molecule has 0 unspecified atom stereocenters. The van der Waals surface area contributed by atoms with Gasteiger partial charge in [-0.25, -0.2) is 0 Å². The maximum atomic E-state index is 11.6. The van der Waals surface area contributed by atoms with E-state index >= 15 is 0 Å². The van der Waals surface area contributed by atoms with Crippen LogP contribution in [0.25, 0.3) is 0 Å². The second-order valence-electron chi connectivity index (χ2n) is 4.68. The molecule has 110 valence electrons. The maximum absolute atomic E-state index is 11.6. The van der Waals surface area contributed by atoms with Gasteiger partial charge in [0.2, 0.25) is 5.09 Å². The molecule has 19 heavy (non-hydrogen) atoms. The highest BCUT2D eigenvalue weighted by Gasteiger charge is 2.17. The van der Waals surface area contributed by atoms with E-state index in [1.54, 1.807) is 0 Å². The third-order valence-electron chi connectivity index (χ3n) is 2.98. The molecular weight excluding hydrogens is 264 g/mol. The minimum absolute atomic E-state index is 0.118. The van der Waals surface area contributed by atoms with Crippen molar-refractivity contribution in [2.45, 2.75) is 63.4 Å². The number of rotatable bonds is 11. The summed E-state index contributed by atoms with van der Waals surface area (Å²) in [5.41, 5.74) is 0. The summed E-state index contributed by atoms with van der Waals surface area (Å²) in [6.07, 6.45) is 10.6. The standard InChI is InChI=1S/C14H24O4S/c1-2-3-4-5-6-7-8-9-13-18-19(15,16)14-11-10-12-17-14/h10-12H,2-9,13H2,1H3. The SMILES string of the molecule is CCCCCCCCCCOS(=O)(=O)c1ccco1. The smallest absolute Gasteiger partial charge is 0.330 e. The van der Waals surface area contributed by atoms with Gasteiger partial charge in [0.05, 0.1) is 12.9 Å². The van der Waals surface area contributed by atoms with Gasteiger partial charge in [0.25, 0.3) is 0 Å². The largest absolute Gasteiger partial charge is 0.451 e. The van der Waals surface area contributed by atoms with E-state index in [1.165, 1.54) is 50.5 Å². The molecule has 0 radical (unpaired) electrons. The Morgan fingerprint density at radius 2 is 1.68 bits per heavy atom. The minimum Gasteiger partial charge on any atom is -0.451 e. The lowest BCUT2D eigenvalue weighted by Crippen LogP contribution is -2.06. The molecule has 0 aliphatic heterocycles. The van der Waals surface area contributed by atoms with Crippen molar-refractivity contribution >= 4 is 10.1 Å². The fourth-order valence-electron chi connectivity index (χ4n) is 1.87. The summed E-state index contributed by atoms with van der Waals surface area (Å²) in [4.78, 5) is 0. The van der Waals surface area contributed by atoms with Gasteiger partial charge in [-0.15, -0.1) is 0 Å². The molecule has 0 spiro atoms. The van der Waals surface area contributed by atoms with Gasteiger partial charge in [0.1, 0.15) is 0 Å².